The zero-order valence-corrected chi connectivity index (χ0v) is 12.8. The largest absolute Gasteiger partial charge is 0.399 e. The molecule has 2 N–H and O–H groups in total. The standard InChI is InChI=1S/C14H22BrN3/c1-11(2)10-17-5-7-18(8-6-17)14-4-3-12(16)9-13(14)15/h3-4,9,11H,5-8,10,16H2,1-2H3. The van der Waals surface area contributed by atoms with Crippen LogP contribution in [0.1, 0.15) is 13.8 Å². The molecule has 1 aliphatic heterocycles. The summed E-state index contributed by atoms with van der Waals surface area (Å²) in [6, 6.07) is 6.06. The lowest BCUT2D eigenvalue weighted by Gasteiger charge is -2.37. The molecule has 1 heterocycles. The molecule has 1 aromatic carbocycles. The highest BCUT2D eigenvalue weighted by molar-refractivity contribution is 9.10. The fourth-order valence-electron chi connectivity index (χ4n) is 2.47. The van der Waals surface area contributed by atoms with Gasteiger partial charge in [0.2, 0.25) is 0 Å². The van der Waals surface area contributed by atoms with E-state index in [9.17, 15) is 0 Å². The lowest BCUT2D eigenvalue weighted by Crippen LogP contribution is -2.47. The summed E-state index contributed by atoms with van der Waals surface area (Å²) in [7, 11) is 0. The predicted octanol–water partition coefficient (Wildman–Crippen LogP) is 2.81. The fraction of sp³-hybridized carbons (Fsp3) is 0.571. The molecule has 1 aliphatic rings. The van der Waals surface area contributed by atoms with E-state index in [4.69, 9.17) is 5.73 Å². The molecule has 0 spiro atoms. The first-order valence-corrected chi connectivity index (χ1v) is 7.38. The van der Waals surface area contributed by atoms with Gasteiger partial charge >= 0.3 is 0 Å². The van der Waals surface area contributed by atoms with Crippen LogP contribution in [0.3, 0.4) is 0 Å². The third kappa shape index (κ3) is 3.39. The van der Waals surface area contributed by atoms with Crippen LogP contribution in [0.15, 0.2) is 22.7 Å². The lowest BCUT2D eigenvalue weighted by atomic mass is 10.2. The van der Waals surface area contributed by atoms with E-state index in [0.717, 1.165) is 42.3 Å². The van der Waals surface area contributed by atoms with Gasteiger partial charge in [-0.05, 0) is 40.0 Å². The van der Waals surface area contributed by atoms with E-state index in [2.05, 4.69) is 45.6 Å². The second-order valence-electron chi connectivity index (χ2n) is 5.39. The van der Waals surface area contributed by atoms with Gasteiger partial charge in [-0.1, -0.05) is 13.8 Å². The average molecular weight is 312 g/mol. The molecule has 1 fully saturated rings. The lowest BCUT2D eigenvalue weighted by molar-refractivity contribution is 0.231. The van der Waals surface area contributed by atoms with Crippen molar-refractivity contribution in [3.05, 3.63) is 22.7 Å². The number of benzene rings is 1. The molecule has 0 bridgehead atoms. The minimum atomic E-state index is 0.750. The Morgan fingerprint density at radius 3 is 2.44 bits per heavy atom. The molecule has 0 unspecified atom stereocenters. The van der Waals surface area contributed by atoms with Crippen molar-refractivity contribution in [1.29, 1.82) is 0 Å². The number of halogens is 1. The summed E-state index contributed by atoms with van der Waals surface area (Å²) in [6.45, 7) is 10.2. The van der Waals surface area contributed by atoms with E-state index in [1.807, 2.05) is 12.1 Å². The zero-order chi connectivity index (χ0) is 13.1. The van der Waals surface area contributed by atoms with Crippen LogP contribution in [-0.4, -0.2) is 37.6 Å². The highest BCUT2D eigenvalue weighted by Crippen LogP contribution is 2.29. The van der Waals surface area contributed by atoms with E-state index in [1.165, 1.54) is 12.2 Å². The predicted molar refractivity (Wildman–Crippen MR) is 82.0 cm³/mol. The van der Waals surface area contributed by atoms with Gasteiger partial charge in [0.25, 0.3) is 0 Å². The van der Waals surface area contributed by atoms with Crippen molar-refractivity contribution >= 4 is 27.3 Å². The van der Waals surface area contributed by atoms with Gasteiger partial charge in [-0.3, -0.25) is 4.90 Å². The summed E-state index contributed by atoms with van der Waals surface area (Å²) in [4.78, 5) is 4.98. The molecule has 18 heavy (non-hydrogen) atoms. The second-order valence-corrected chi connectivity index (χ2v) is 6.25. The molecule has 0 radical (unpaired) electrons. The maximum absolute atomic E-state index is 5.78. The molecular formula is C14H22BrN3. The van der Waals surface area contributed by atoms with Crippen LogP contribution in [0.4, 0.5) is 11.4 Å². The molecular weight excluding hydrogens is 290 g/mol. The van der Waals surface area contributed by atoms with E-state index in [-0.39, 0.29) is 0 Å². The molecule has 100 valence electrons. The van der Waals surface area contributed by atoms with Crippen LogP contribution < -0.4 is 10.6 Å². The Bertz CT molecular complexity index is 398. The van der Waals surface area contributed by atoms with E-state index in [1.54, 1.807) is 0 Å². The molecule has 3 nitrogen and oxygen atoms in total. The minimum Gasteiger partial charge on any atom is -0.399 e. The number of nitrogen functional groups attached to an aromatic ring is 1. The van der Waals surface area contributed by atoms with Gasteiger partial charge in [0.1, 0.15) is 0 Å². The molecule has 1 saturated heterocycles. The van der Waals surface area contributed by atoms with Crippen LogP contribution in [0.2, 0.25) is 0 Å². The Kier molecular flexibility index (Phi) is 4.51. The van der Waals surface area contributed by atoms with Crippen LogP contribution in [0.5, 0.6) is 0 Å². The number of hydrogen-bond donors (Lipinski definition) is 1. The van der Waals surface area contributed by atoms with E-state index in [0.29, 0.717) is 0 Å². The number of nitrogens with two attached hydrogens (primary N) is 1. The van der Waals surface area contributed by atoms with Crippen LogP contribution in [-0.2, 0) is 0 Å². The third-order valence-electron chi connectivity index (χ3n) is 3.31. The SMILES string of the molecule is CC(C)CN1CCN(c2ccc(N)cc2Br)CC1. The zero-order valence-electron chi connectivity index (χ0n) is 11.2. The first-order chi connectivity index (χ1) is 8.56. The number of rotatable bonds is 3. The Labute approximate surface area is 118 Å². The van der Waals surface area contributed by atoms with Crippen molar-refractivity contribution in [3.63, 3.8) is 0 Å². The van der Waals surface area contributed by atoms with Gasteiger partial charge < -0.3 is 10.6 Å². The Balaban J connectivity index is 1.97. The highest BCUT2D eigenvalue weighted by atomic mass is 79.9. The number of hydrogen-bond acceptors (Lipinski definition) is 3. The highest BCUT2D eigenvalue weighted by Gasteiger charge is 2.19. The van der Waals surface area contributed by atoms with Crippen LogP contribution in [0.25, 0.3) is 0 Å². The number of nitrogens with zero attached hydrogens (tertiary/aromatic N) is 2. The molecule has 1 aromatic rings. The summed E-state index contributed by atoms with van der Waals surface area (Å²) in [5.74, 6) is 0.750. The van der Waals surface area contributed by atoms with Gasteiger partial charge in [0.15, 0.2) is 0 Å². The van der Waals surface area contributed by atoms with Crippen molar-refractivity contribution in [3.8, 4) is 0 Å². The van der Waals surface area contributed by atoms with Crippen molar-refractivity contribution in [2.24, 2.45) is 5.92 Å². The monoisotopic (exact) mass is 311 g/mol. The van der Waals surface area contributed by atoms with Crippen molar-refractivity contribution < 1.29 is 0 Å². The Morgan fingerprint density at radius 1 is 1.22 bits per heavy atom. The molecule has 4 heteroatoms. The topological polar surface area (TPSA) is 32.5 Å². The van der Waals surface area contributed by atoms with Crippen molar-refractivity contribution in [2.45, 2.75) is 13.8 Å². The molecule has 0 aliphatic carbocycles. The quantitative estimate of drug-likeness (QED) is 0.871. The third-order valence-corrected chi connectivity index (χ3v) is 3.94. The molecule has 0 amide bonds. The first-order valence-electron chi connectivity index (χ1n) is 6.58. The summed E-state index contributed by atoms with van der Waals surface area (Å²) in [5, 5.41) is 0. The fourth-order valence-corrected chi connectivity index (χ4v) is 3.11. The maximum Gasteiger partial charge on any atom is 0.0513 e. The van der Waals surface area contributed by atoms with Gasteiger partial charge in [-0.25, -0.2) is 0 Å². The van der Waals surface area contributed by atoms with Crippen LogP contribution in [0, 0.1) is 5.92 Å². The number of piperazine rings is 1. The van der Waals surface area contributed by atoms with E-state index >= 15 is 0 Å². The normalized spacial score (nSPS) is 17.4. The Morgan fingerprint density at radius 2 is 1.89 bits per heavy atom. The number of anilines is 2. The summed E-state index contributed by atoms with van der Waals surface area (Å²) in [6.07, 6.45) is 0. The molecule has 0 saturated carbocycles. The molecule has 0 aromatic heterocycles. The first kappa shape index (κ1) is 13.7. The molecule has 2 rings (SSSR count). The Hall–Kier alpha value is -0.740. The van der Waals surface area contributed by atoms with Crippen molar-refractivity contribution in [2.75, 3.05) is 43.4 Å². The van der Waals surface area contributed by atoms with Crippen LogP contribution >= 0.6 is 15.9 Å². The average Bonchev–Trinajstić information content (AvgIpc) is 2.30. The summed E-state index contributed by atoms with van der Waals surface area (Å²) >= 11 is 3.60. The molecule has 0 atom stereocenters. The summed E-state index contributed by atoms with van der Waals surface area (Å²) < 4.78 is 1.10. The van der Waals surface area contributed by atoms with Gasteiger partial charge in [0.05, 0.1) is 5.69 Å². The summed E-state index contributed by atoms with van der Waals surface area (Å²) in [5.41, 5.74) is 7.84. The van der Waals surface area contributed by atoms with Crippen molar-refractivity contribution in [1.82, 2.24) is 4.90 Å². The van der Waals surface area contributed by atoms with Gasteiger partial charge in [-0.2, -0.15) is 0 Å². The second kappa shape index (κ2) is 5.93. The maximum atomic E-state index is 5.78. The smallest absolute Gasteiger partial charge is 0.0513 e. The van der Waals surface area contributed by atoms with Gasteiger partial charge in [0, 0.05) is 42.9 Å². The van der Waals surface area contributed by atoms with Gasteiger partial charge in [-0.15, -0.1) is 0 Å². The minimum absolute atomic E-state index is 0.750. The van der Waals surface area contributed by atoms with E-state index < -0.39 is 0 Å².